The Kier molecular flexibility index (Phi) is 7.63. The van der Waals surface area contributed by atoms with Gasteiger partial charge in [0.15, 0.2) is 11.6 Å². The number of carbonyl (C=O) groups excluding carboxylic acids is 1. The summed E-state index contributed by atoms with van der Waals surface area (Å²) < 4.78 is 21.3. The van der Waals surface area contributed by atoms with Crippen LogP contribution in [-0.4, -0.2) is 52.8 Å². The minimum absolute atomic E-state index is 0.0636. The first-order valence-corrected chi connectivity index (χ1v) is 14.5. The molecule has 0 radical (unpaired) electrons. The van der Waals surface area contributed by atoms with Crippen molar-refractivity contribution in [3.05, 3.63) is 75.4 Å². The maximum absolute atomic E-state index is 14.9. The standard InChI is InChI=1S/C29H31ClFN3O4S/c30-26-10-9-25(39-26)17-3-7-21-19(13-17)16-37-34(27(21)29(32)36)23(15-33-11-1-2-12-33)28(35)18-4-8-24(22(31)14-18)38-20-5-6-20/h3-4,7-10,13-14,20,23,27-28,35H,1-2,5-6,11-12,15-16H2,(H2,32,36)/t23-,27?,28-/m1/s1. The number of aliphatic hydroxyl groups is 1. The average molecular weight is 572 g/mol. The van der Waals surface area contributed by atoms with E-state index in [1.54, 1.807) is 12.1 Å². The molecule has 1 aromatic heterocycles. The van der Waals surface area contributed by atoms with Crippen molar-refractivity contribution in [3.63, 3.8) is 0 Å². The lowest BCUT2D eigenvalue weighted by atomic mass is 9.93. The molecule has 0 spiro atoms. The summed E-state index contributed by atoms with van der Waals surface area (Å²) in [5.74, 6) is -0.915. The summed E-state index contributed by atoms with van der Waals surface area (Å²) in [7, 11) is 0. The van der Waals surface area contributed by atoms with Crippen molar-refractivity contribution < 1.29 is 23.9 Å². The quantitative estimate of drug-likeness (QED) is 0.366. The fourth-order valence-electron chi connectivity index (χ4n) is 5.48. The summed E-state index contributed by atoms with van der Waals surface area (Å²) in [6.07, 6.45) is 2.89. The van der Waals surface area contributed by atoms with Crippen LogP contribution in [-0.2, 0) is 16.2 Å². The number of primary amides is 1. The third kappa shape index (κ3) is 5.70. The molecular formula is C29H31ClFN3O4S. The molecule has 1 amide bonds. The van der Waals surface area contributed by atoms with E-state index in [1.165, 1.54) is 22.5 Å². The number of carbonyl (C=O) groups is 1. The first-order chi connectivity index (χ1) is 18.9. The molecule has 1 aliphatic carbocycles. The molecule has 2 aromatic carbocycles. The van der Waals surface area contributed by atoms with Crippen LogP contribution in [0.5, 0.6) is 5.75 Å². The second-order valence-corrected chi connectivity index (χ2v) is 12.2. The minimum Gasteiger partial charge on any atom is -0.487 e. The molecule has 3 heterocycles. The number of aliphatic hydroxyl groups excluding tert-OH is 1. The molecular weight excluding hydrogens is 541 g/mol. The van der Waals surface area contributed by atoms with Gasteiger partial charge < -0.3 is 20.5 Å². The van der Waals surface area contributed by atoms with Gasteiger partial charge in [0.2, 0.25) is 5.91 Å². The lowest BCUT2D eigenvalue weighted by Gasteiger charge is -2.42. The Morgan fingerprint density at radius 2 is 1.97 bits per heavy atom. The van der Waals surface area contributed by atoms with Crippen molar-refractivity contribution in [1.82, 2.24) is 9.96 Å². The Morgan fingerprint density at radius 1 is 1.18 bits per heavy atom. The molecule has 7 nitrogen and oxygen atoms in total. The number of nitrogens with two attached hydrogens (primary N) is 1. The number of ether oxygens (including phenoxy) is 1. The first kappa shape index (κ1) is 26.7. The SMILES string of the molecule is NC(=O)C1c2ccc(-c3ccc(Cl)s3)cc2CON1[C@H](CN1CCCC1)[C@H](O)c1ccc(OC2CC2)c(F)c1. The molecule has 3 N–H and O–H groups in total. The number of rotatable bonds is 9. The number of likely N-dealkylation sites (tertiary alicyclic amines) is 1. The van der Waals surface area contributed by atoms with E-state index in [0.717, 1.165) is 60.3 Å². The summed E-state index contributed by atoms with van der Waals surface area (Å²) >= 11 is 7.61. The van der Waals surface area contributed by atoms with Crippen molar-refractivity contribution in [2.45, 2.75) is 56.6 Å². The number of hydrogen-bond acceptors (Lipinski definition) is 7. The normalized spacial score (nSPS) is 21.5. The Morgan fingerprint density at radius 3 is 2.64 bits per heavy atom. The molecule has 1 saturated carbocycles. The lowest BCUT2D eigenvalue weighted by molar-refractivity contribution is -0.249. The Balaban J connectivity index is 1.32. The molecule has 1 saturated heterocycles. The zero-order chi connectivity index (χ0) is 27.1. The minimum atomic E-state index is -1.13. The fourth-order valence-corrected chi connectivity index (χ4v) is 6.51. The summed E-state index contributed by atoms with van der Waals surface area (Å²) in [5.41, 5.74) is 8.91. The second-order valence-electron chi connectivity index (χ2n) is 10.5. The van der Waals surface area contributed by atoms with E-state index in [1.807, 2.05) is 30.3 Å². The smallest absolute Gasteiger partial charge is 0.241 e. The number of hydrogen-bond donors (Lipinski definition) is 2. The zero-order valence-electron chi connectivity index (χ0n) is 21.4. The number of amides is 1. The van der Waals surface area contributed by atoms with Crippen molar-refractivity contribution >= 4 is 28.8 Å². The van der Waals surface area contributed by atoms with Gasteiger partial charge in [0.05, 0.1) is 29.2 Å². The maximum Gasteiger partial charge on any atom is 0.241 e. The van der Waals surface area contributed by atoms with Gasteiger partial charge in [0.25, 0.3) is 0 Å². The van der Waals surface area contributed by atoms with Gasteiger partial charge in [0, 0.05) is 11.4 Å². The van der Waals surface area contributed by atoms with E-state index in [4.69, 9.17) is 26.9 Å². The third-order valence-corrected chi connectivity index (χ3v) is 8.92. The highest BCUT2D eigenvalue weighted by atomic mass is 35.5. The number of thiophene rings is 1. The molecule has 3 atom stereocenters. The number of halogens is 2. The van der Waals surface area contributed by atoms with Crippen LogP contribution in [0.4, 0.5) is 4.39 Å². The van der Waals surface area contributed by atoms with Crippen LogP contribution < -0.4 is 10.5 Å². The van der Waals surface area contributed by atoms with Gasteiger partial charge in [-0.1, -0.05) is 29.8 Å². The van der Waals surface area contributed by atoms with Gasteiger partial charge in [-0.05, 0) is 91.4 Å². The van der Waals surface area contributed by atoms with Gasteiger partial charge >= 0.3 is 0 Å². The predicted molar refractivity (Wildman–Crippen MR) is 148 cm³/mol. The molecule has 39 heavy (non-hydrogen) atoms. The molecule has 206 valence electrons. The summed E-state index contributed by atoms with van der Waals surface area (Å²) in [6, 6.07) is 12.6. The Labute approximate surface area is 235 Å². The van der Waals surface area contributed by atoms with Gasteiger partial charge in [-0.2, -0.15) is 5.06 Å². The predicted octanol–water partition coefficient (Wildman–Crippen LogP) is 5.22. The molecule has 0 bridgehead atoms. The molecule has 1 unspecified atom stereocenters. The van der Waals surface area contributed by atoms with Gasteiger partial charge in [0.1, 0.15) is 6.04 Å². The molecule has 2 aliphatic heterocycles. The summed E-state index contributed by atoms with van der Waals surface area (Å²) in [6.45, 7) is 2.40. The Hall–Kier alpha value is -2.53. The highest BCUT2D eigenvalue weighted by Crippen LogP contribution is 2.40. The average Bonchev–Trinajstić information content (AvgIpc) is 3.39. The maximum atomic E-state index is 14.9. The van der Waals surface area contributed by atoms with Crippen LogP contribution in [0.1, 0.15) is 54.5 Å². The first-order valence-electron chi connectivity index (χ1n) is 13.3. The third-order valence-electron chi connectivity index (χ3n) is 7.64. The van der Waals surface area contributed by atoms with E-state index in [2.05, 4.69) is 4.90 Å². The largest absolute Gasteiger partial charge is 0.487 e. The fraction of sp³-hybridized carbons (Fsp3) is 0.414. The summed E-state index contributed by atoms with van der Waals surface area (Å²) in [4.78, 5) is 22.4. The van der Waals surface area contributed by atoms with Crippen LogP contribution in [0.3, 0.4) is 0 Å². The zero-order valence-corrected chi connectivity index (χ0v) is 23.0. The van der Waals surface area contributed by atoms with Crippen molar-refractivity contribution in [1.29, 1.82) is 0 Å². The number of hydroxylamine groups is 2. The van der Waals surface area contributed by atoms with Crippen molar-refractivity contribution in [3.8, 4) is 16.2 Å². The van der Waals surface area contributed by atoms with Gasteiger partial charge in [-0.25, -0.2) is 4.39 Å². The van der Waals surface area contributed by atoms with Crippen LogP contribution in [0.25, 0.3) is 10.4 Å². The highest BCUT2D eigenvalue weighted by Gasteiger charge is 2.42. The van der Waals surface area contributed by atoms with Gasteiger partial charge in [-0.3, -0.25) is 9.63 Å². The van der Waals surface area contributed by atoms with Crippen molar-refractivity contribution in [2.75, 3.05) is 19.6 Å². The number of fused-ring (bicyclic) bond motifs is 1. The topological polar surface area (TPSA) is 88.3 Å². The number of nitrogens with zero attached hydrogens (tertiary/aromatic N) is 2. The second kappa shape index (κ2) is 11.2. The van der Waals surface area contributed by atoms with Crippen LogP contribution in [0.15, 0.2) is 48.5 Å². The van der Waals surface area contributed by atoms with E-state index in [9.17, 15) is 14.3 Å². The lowest BCUT2D eigenvalue weighted by Crippen LogP contribution is -2.52. The van der Waals surface area contributed by atoms with E-state index in [0.29, 0.717) is 16.4 Å². The van der Waals surface area contributed by atoms with Crippen LogP contribution >= 0.6 is 22.9 Å². The molecule has 3 aliphatic rings. The molecule has 3 aromatic rings. The van der Waals surface area contributed by atoms with Crippen LogP contribution in [0.2, 0.25) is 4.34 Å². The number of benzene rings is 2. The van der Waals surface area contributed by atoms with Crippen molar-refractivity contribution in [2.24, 2.45) is 5.73 Å². The monoisotopic (exact) mass is 571 g/mol. The van der Waals surface area contributed by atoms with Crippen LogP contribution in [0, 0.1) is 5.82 Å². The van der Waals surface area contributed by atoms with E-state index < -0.39 is 29.9 Å². The van der Waals surface area contributed by atoms with Gasteiger partial charge in [-0.15, -0.1) is 11.3 Å². The highest BCUT2D eigenvalue weighted by molar-refractivity contribution is 7.19. The molecule has 10 heteroatoms. The van der Waals surface area contributed by atoms with E-state index >= 15 is 0 Å². The Bertz CT molecular complexity index is 1360. The van der Waals surface area contributed by atoms with E-state index in [-0.39, 0.29) is 18.5 Å². The molecule has 2 fully saturated rings. The molecule has 6 rings (SSSR count). The summed E-state index contributed by atoms with van der Waals surface area (Å²) in [5, 5.41) is 13.2.